The van der Waals surface area contributed by atoms with Crippen LogP contribution in [0.2, 0.25) is 5.02 Å². The van der Waals surface area contributed by atoms with Crippen molar-refractivity contribution >= 4 is 29.4 Å². The monoisotopic (exact) mass is 426 g/mol. The first-order chi connectivity index (χ1) is 14.2. The molecule has 1 heterocycles. The molecule has 0 atom stereocenters. The summed E-state index contributed by atoms with van der Waals surface area (Å²) in [5.74, 6) is -1.12. The predicted octanol–water partition coefficient (Wildman–Crippen LogP) is 5.72. The van der Waals surface area contributed by atoms with Crippen molar-refractivity contribution in [2.45, 2.75) is 33.1 Å². The first-order valence-corrected chi connectivity index (χ1v) is 9.93. The average Bonchev–Trinajstić information content (AvgIpc) is 3.11. The number of amides is 1. The van der Waals surface area contributed by atoms with Crippen LogP contribution in [0.15, 0.2) is 53.1 Å². The largest absolute Gasteiger partial charge is 0.462 e. The number of esters is 1. The number of benzene rings is 2. The van der Waals surface area contributed by atoms with Gasteiger partial charge in [0.25, 0.3) is 5.91 Å². The van der Waals surface area contributed by atoms with E-state index >= 15 is 0 Å². The van der Waals surface area contributed by atoms with E-state index in [0.717, 1.165) is 5.56 Å². The predicted molar refractivity (Wildman–Crippen MR) is 116 cm³/mol. The van der Waals surface area contributed by atoms with E-state index < -0.39 is 11.9 Å². The highest BCUT2D eigenvalue weighted by molar-refractivity contribution is 6.30. The molecule has 3 aromatic rings. The summed E-state index contributed by atoms with van der Waals surface area (Å²) >= 11 is 5.94. The minimum atomic E-state index is -0.637. The number of nitrogens with one attached hydrogen (secondary N) is 1. The van der Waals surface area contributed by atoms with Crippen LogP contribution < -0.4 is 5.32 Å². The fourth-order valence-corrected chi connectivity index (χ4v) is 3.00. The number of ether oxygens (including phenoxy) is 1. The molecule has 0 aliphatic carbocycles. The van der Waals surface area contributed by atoms with Gasteiger partial charge < -0.3 is 9.26 Å². The van der Waals surface area contributed by atoms with Crippen molar-refractivity contribution in [3.8, 4) is 11.3 Å². The highest BCUT2D eigenvalue weighted by atomic mass is 35.5. The Kier molecular flexibility index (Phi) is 6.27. The SMILES string of the molecule is CCOC(=O)c1c(-c2ccc(Cl)cc2)noc1NC(=O)c1ccc(C(C)(C)C)cc1. The summed E-state index contributed by atoms with van der Waals surface area (Å²) < 4.78 is 10.4. The van der Waals surface area contributed by atoms with Gasteiger partial charge in [0.05, 0.1) is 6.61 Å². The first kappa shape index (κ1) is 21.6. The number of hydrogen-bond donors (Lipinski definition) is 1. The summed E-state index contributed by atoms with van der Waals surface area (Å²) in [6.45, 7) is 8.16. The molecule has 7 heteroatoms. The quantitative estimate of drug-likeness (QED) is 0.527. The van der Waals surface area contributed by atoms with Crippen LogP contribution in [0, 0.1) is 0 Å². The molecule has 156 valence electrons. The number of aromatic nitrogens is 1. The van der Waals surface area contributed by atoms with E-state index in [1.165, 1.54) is 0 Å². The Balaban J connectivity index is 1.92. The van der Waals surface area contributed by atoms with Crippen LogP contribution in [-0.4, -0.2) is 23.6 Å². The van der Waals surface area contributed by atoms with Crippen LogP contribution in [-0.2, 0) is 10.2 Å². The van der Waals surface area contributed by atoms with Gasteiger partial charge in [-0.1, -0.05) is 61.8 Å². The summed E-state index contributed by atoms with van der Waals surface area (Å²) in [4.78, 5) is 25.3. The van der Waals surface area contributed by atoms with Crippen molar-refractivity contribution in [1.29, 1.82) is 0 Å². The Bertz CT molecular complexity index is 1050. The van der Waals surface area contributed by atoms with Gasteiger partial charge in [-0.15, -0.1) is 0 Å². The molecule has 0 saturated carbocycles. The second-order valence-corrected chi connectivity index (χ2v) is 8.18. The summed E-state index contributed by atoms with van der Waals surface area (Å²) in [7, 11) is 0. The molecule has 0 saturated heterocycles. The van der Waals surface area contributed by atoms with Gasteiger partial charge in [0.1, 0.15) is 5.69 Å². The average molecular weight is 427 g/mol. The van der Waals surface area contributed by atoms with Crippen LogP contribution in [0.1, 0.15) is 54.0 Å². The minimum Gasteiger partial charge on any atom is -0.462 e. The zero-order valence-electron chi connectivity index (χ0n) is 17.3. The van der Waals surface area contributed by atoms with E-state index in [9.17, 15) is 9.59 Å². The number of carbonyl (C=O) groups is 2. The Morgan fingerprint density at radius 1 is 1.07 bits per heavy atom. The van der Waals surface area contributed by atoms with Gasteiger partial charge >= 0.3 is 5.97 Å². The van der Waals surface area contributed by atoms with Gasteiger partial charge in [-0.2, -0.15) is 0 Å². The lowest BCUT2D eigenvalue weighted by atomic mass is 9.87. The molecule has 0 radical (unpaired) electrons. The second kappa shape index (κ2) is 8.71. The normalized spacial score (nSPS) is 11.2. The third-order valence-electron chi connectivity index (χ3n) is 4.53. The van der Waals surface area contributed by atoms with E-state index in [0.29, 0.717) is 16.1 Å². The number of carbonyl (C=O) groups excluding carboxylic acids is 2. The van der Waals surface area contributed by atoms with Crippen LogP contribution in [0.25, 0.3) is 11.3 Å². The third-order valence-corrected chi connectivity index (χ3v) is 4.78. The zero-order valence-corrected chi connectivity index (χ0v) is 18.0. The van der Waals surface area contributed by atoms with Gasteiger partial charge in [0, 0.05) is 16.1 Å². The molecule has 1 amide bonds. The lowest BCUT2D eigenvalue weighted by molar-refractivity contribution is 0.0528. The number of nitrogens with zero attached hydrogens (tertiary/aromatic N) is 1. The fraction of sp³-hybridized carbons (Fsp3) is 0.261. The Labute approximate surface area is 180 Å². The molecule has 0 aliphatic heterocycles. The van der Waals surface area contributed by atoms with Crippen LogP contribution in [0.4, 0.5) is 5.88 Å². The van der Waals surface area contributed by atoms with Crippen molar-refractivity contribution in [3.05, 3.63) is 70.2 Å². The van der Waals surface area contributed by atoms with Crippen LogP contribution >= 0.6 is 11.6 Å². The zero-order chi connectivity index (χ0) is 21.9. The lowest BCUT2D eigenvalue weighted by Crippen LogP contribution is -2.16. The number of anilines is 1. The highest BCUT2D eigenvalue weighted by Gasteiger charge is 2.27. The molecule has 0 aliphatic rings. The molecule has 1 N–H and O–H groups in total. The first-order valence-electron chi connectivity index (χ1n) is 9.55. The second-order valence-electron chi connectivity index (χ2n) is 7.74. The van der Waals surface area contributed by atoms with E-state index in [1.54, 1.807) is 43.3 Å². The molecule has 3 rings (SSSR count). The topological polar surface area (TPSA) is 81.4 Å². The van der Waals surface area contributed by atoms with Gasteiger partial charge in [-0.25, -0.2) is 4.79 Å². The molecule has 6 nitrogen and oxygen atoms in total. The number of rotatable bonds is 5. The van der Waals surface area contributed by atoms with Crippen molar-refractivity contribution in [3.63, 3.8) is 0 Å². The summed E-state index contributed by atoms with van der Waals surface area (Å²) in [5, 5.41) is 7.16. The summed E-state index contributed by atoms with van der Waals surface area (Å²) in [6.07, 6.45) is 0. The van der Waals surface area contributed by atoms with Gasteiger partial charge in [-0.3, -0.25) is 10.1 Å². The van der Waals surface area contributed by atoms with Crippen molar-refractivity contribution < 1.29 is 18.8 Å². The molecule has 0 fully saturated rings. The minimum absolute atomic E-state index is 0.0233. The standard InChI is InChI=1S/C23H23ClN2O4/c1-5-29-22(28)18-19(14-8-12-17(24)13-9-14)26-30-21(18)25-20(27)15-6-10-16(11-7-15)23(2,3)4/h6-13H,5H2,1-4H3,(H,25,27). The Hall–Kier alpha value is -3.12. The summed E-state index contributed by atoms with van der Waals surface area (Å²) in [5.41, 5.74) is 2.45. The molecular weight excluding hydrogens is 404 g/mol. The van der Waals surface area contributed by atoms with Crippen LogP contribution in [0.5, 0.6) is 0 Å². The molecular formula is C23H23ClN2O4. The van der Waals surface area contributed by atoms with E-state index in [-0.39, 0.29) is 29.2 Å². The van der Waals surface area contributed by atoms with Crippen molar-refractivity contribution in [2.75, 3.05) is 11.9 Å². The molecule has 2 aromatic carbocycles. The molecule has 0 unspecified atom stereocenters. The molecule has 30 heavy (non-hydrogen) atoms. The number of hydrogen-bond acceptors (Lipinski definition) is 5. The number of halogens is 1. The van der Waals surface area contributed by atoms with E-state index in [1.807, 2.05) is 12.1 Å². The van der Waals surface area contributed by atoms with Crippen molar-refractivity contribution in [1.82, 2.24) is 5.16 Å². The van der Waals surface area contributed by atoms with Crippen molar-refractivity contribution in [2.24, 2.45) is 0 Å². The maximum absolute atomic E-state index is 12.7. The smallest absolute Gasteiger partial charge is 0.346 e. The van der Waals surface area contributed by atoms with Gasteiger partial charge in [-0.05, 0) is 42.2 Å². The third kappa shape index (κ3) is 4.71. The van der Waals surface area contributed by atoms with Gasteiger partial charge in [0.2, 0.25) is 5.88 Å². The summed E-state index contributed by atoms with van der Waals surface area (Å²) in [6, 6.07) is 14.0. The van der Waals surface area contributed by atoms with Gasteiger partial charge in [0.15, 0.2) is 5.56 Å². The molecule has 0 spiro atoms. The van der Waals surface area contributed by atoms with E-state index in [4.69, 9.17) is 20.9 Å². The molecule has 0 bridgehead atoms. The molecule has 1 aromatic heterocycles. The maximum atomic E-state index is 12.7. The maximum Gasteiger partial charge on any atom is 0.346 e. The lowest BCUT2D eigenvalue weighted by Gasteiger charge is -2.18. The fourth-order valence-electron chi connectivity index (χ4n) is 2.87. The van der Waals surface area contributed by atoms with E-state index in [2.05, 4.69) is 31.2 Å². The van der Waals surface area contributed by atoms with Crippen LogP contribution in [0.3, 0.4) is 0 Å². The Morgan fingerprint density at radius 2 is 1.70 bits per heavy atom. The Morgan fingerprint density at radius 3 is 2.27 bits per heavy atom. The highest BCUT2D eigenvalue weighted by Crippen LogP contribution is 2.31.